The van der Waals surface area contributed by atoms with Crippen molar-refractivity contribution in [3.05, 3.63) is 66.4 Å². The van der Waals surface area contributed by atoms with Crippen molar-refractivity contribution in [3.8, 4) is 5.75 Å². The average molecular weight is 418 g/mol. The van der Waals surface area contributed by atoms with Crippen LogP contribution in [0.5, 0.6) is 5.75 Å². The second-order valence-electron chi connectivity index (χ2n) is 8.47. The van der Waals surface area contributed by atoms with E-state index >= 15 is 0 Å². The van der Waals surface area contributed by atoms with Gasteiger partial charge in [-0.25, -0.2) is 0 Å². The molecule has 0 radical (unpaired) electrons. The SMILES string of the molecule is O=C(c1cc2ccccc2[nH]1)N1CC[C@H]2[C@H](CCCN2C(=O)COc2ccccc2)C1. The Hall–Kier alpha value is -3.28. The van der Waals surface area contributed by atoms with Gasteiger partial charge in [0.25, 0.3) is 11.8 Å². The number of rotatable bonds is 4. The van der Waals surface area contributed by atoms with E-state index < -0.39 is 0 Å². The number of likely N-dealkylation sites (tertiary alicyclic amines) is 2. The monoisotopic (exact) mass is 417 g/mol. The van der Waals surface area contributed by atoms with Crippen molar-refractivity contribution >= 4 is 22.7 Å². The molecule has 3 aromatic rings. The molecule has 1 aromatic heterocycles. The molecule has 2 aliphatic heterocycles. The van der Waals surface area contributed by atoms with Crippen molar-refractivity contribution in [1.29, 1.82) is 0 Å². The summed E-state index contributed by atoms with van der Waals surface area (Å²) in [4.78, 5) is 33.2. The fraction of sp³-hybridized carbons (Fsp3) is 0.360. The first-order valence-electron chi connectivity index (χ1n) is 11.0. The van der Waals surface area contributed by atoms with Crippen LogP contribution in [0.3, 0.4) is 0 Å². The molecule has 160 valence electrons. The molecule has 0 bridgehead atoms. The van der Waals surface area contributed by atoms with E-state index in [-0.39, 0.29) is 24.5 Å². The van der Waals surface area contributed by atoms with E-state index in [1.165, 1.54) is 0 Å². The molecule has 2 saturated heterocycles. The summed E-state index contributed by atoms with van der Waals surface area (Å²) >= 11 is 0. The summed E-state index contributed by atoms with van der Waals surface area (Å²) in [7, 11) is 0. The van der Waals surface area contributed by atoms with Gasteiger partial charge in [-0.2, -0.15) is 0 Å². The Kier molecular flexibility index (Phi) is 5.37. The van der Waals surface area contributed by atoms with Crippen LogP contribution in [-0.2, 0) is 4.79 Å². The van der Waals surface area contributed by atoms with Gasteiger partial charge in [0, 0.05) is 36.6 Å². The van der Waals surface area contributed by atoms with Gasteiger partial charge in [-0.05, 0) is 49.4 Å². The van der Waals surface area contributed by atoms with Crippen LogP contribution in [0.15, 0.2) is 60.7 Å². The summed E-state index contributed by atoms with van der Waals surface area (Å²) in [5, 5.41) is 1.05. The molecule has 31 heavy (non-hydrogen) atoms. The minimum absolute atomic E-state index is 0.0361. The van der Waals surface area contributed by atoms with Gasteiger partial charge in [-0.3, -0.25) is 9.59 Å². The van der Waals surface area contributed by atoms with Crippen LogP contribution in [0.25, 0.3) is 10.9 Å². The number of benzene rings is 2. The third kappa shape index (κ3) is 4.02. The number of aromatic nitrogens is 1. The minimum atomic E-state index is 0.0361. The lowest BCUT2D eigenvalue weighted by Gasteiger charge is -2.47. The summed E-state index contributed by atoms with van der Waals surface area (Å²) in [6.45, 7) is 2.19. The molecule has 5 rings (SSSR count). The van der Waals surface area contributed by atoms with Crippen molar-refractivity contribution in [2.24, 2.45) is 5.92 Å². The second-order valence-corrected chi connectivity index (χ2v) is 8.47. The van der Waals surface area contributed by atoms with E-state index in [1.54, 1.807) is 0 Å². The average Bonchev–Trinajstić information content (AvgIpc) is 3.26. The maximum Gasteiger partial charge on any atom is 0.270 e. The molecule has 2 amide bonds. The largest absolute Gasteiger partial charge is 0.484 e. The molecule has 0 spiro atoms. The van der Waals surface area contributed by atoms with E-state index in [4.69, 9.17) is 4.74 Å². The van der Waals surface area contributed by atoms with Gasteiger partial charge in [-0.1, -0.05) is 36.4 Å². The zero-order valence-corrected chi connectivity index (χ0v) is 17.5. The van der Waals surface area contributed by atoms with Gasteiger partial charge in [0.1, 0.15) is 11.4 Å². The first-order valence-corrected chi connectivity index (χ1v) is 11.0. The Morgan fingerprint density at radius 3 is 2.65 bits per heavy atom. The van der Waals surface area contributed by atoms with Crippen LogP contribution in [0.2, 0.25) is 0 Å². The van der Waals surface area contributed by atoms with Gasteiger partial charge >= 0.3 is 0 Å². The highest BCUT2D eigenvalue weighted by atomic mass is 16.5. The van der Waals surface area contributed by atoms with Gasteiger partial charge in [0.05, 0.1) is 0 Å². The van der Waals surface area contributed by atoms with E-state index in [1.807, 2.05) is 70.5 Å². The van der Waals surface area contributed by atoms with E-state index in [9.17, 15) is 9.59 Å². The zero-order chi connectivity index (χ0) is 21.2. The Morgan fingerprint density at radius 1 is 1.00 bits per heavy atom. The second kappa shape index (κ2) is 8.46. The van der Waals surface area contributed by atoms with Gasteiger partial charge in [-0.15, -0.1) is 0 Å². The number of carbonyl (C=O) groups is 2. The number of piperidine rings is 2. The topological polar surface area (TPSA) is 65.6 Å². The Balaban J connectivity index is 1.23. The molecule has 3 heterocycles. The quantitative estimate of drug-likeness (QED) is 0.704. The number of carbonyl (C=O) groups excluding carboxylic acids is 2. The highest BCUT2D eigenvalue weighted by molar-refractivity contribution is 5.98. The standard InChI is InChI=1S/C25H27N3O3/c29-24(17-31-20-9-2-1-3-10-20)28-13-6-8-19-16-27(14-12-23(19)28)25(30)22-15-18-7-4-5-11-21(18)26-22/h1-5,7,9-11,15,19,23,26H,6,8,12-14,16-17H2/t19-,23+/m1/s1. The number of nitrogens with one attached hydrogen (secondary N) is 1. The third-order valence-electron chi connectivity index (χ3n) is 6.54. The Morgan fingerprint density at radius 2 is 1.81 bits per heavy atom. The van der Waals surface area contributed by atoms with E-state index in [0.717, 1.165) is 36.7 Å². The van der Waals surface area contributed by atoms with Crippen LogP contribution in [-0.4, -0.2) is 58.9 Å². The first kappa shape index (κ1) is 19.7. The summed E-state index contributed by atoms with van der Waals surface area (Å²) in [5.74, 6) is 1.11. The lowest BCUT2D eigenvalue weighted by molar-refractivity contribution is -0.140. The molecule has 1 N–H and O–H groups in total. The van der Waals surface area contributed by atoms with Gasteiger partial charge in [0.2, 0.25) is 0 Å². The molecule has 2 atom stereocenters. The lowest BCUT2D eigenvalue weighted by Crippen LogP contribution is -2.57. The van der Waals surface area contributed by atoms with Gasteiger partial charge < -0.3 is 19.5 Å². The van der Waals surface area contributed by atoms with Crippen molar-refractivity contribution < 1.29 is 14.3 Å². The summed E-state index contributed by atoms with van der Waals surface area (Å²) in [6, 6.07) is 19.5. The molecule has 0 saturated carbocycles. The predicted octanol–water partition coefficient (Wildman–Crippen LogP) is 3.70. The number of hydrogen-bond donors (Lipinski definition) is 1. The molecule has 0 unspecified atom stereocenters. The smallest absolute Gasteiger partial charge is 0.270 e. The highest BCUT2D eigenvalue weighted by Gasteiger charge is 2.39. The molecular formula is C25H27N3O3. The van der Waals surface area contributed by atoms with Crippen LogP contribution < -0.4 is 4.74 Å². The fourth-order valence-electron chi connectivity index (χ4n) is 5.00. The van der Waals surface area contributed by atoms with Crippen molar-refractivity contribution in [3.63, 3.8) is 0 Å². The van der Waals surface area contributed by atoms with Crippen molar-refractivity contribution in [2.45, 2.75) is 25.3 Å². The summed E-state index contributed by atoms with van der Waals surface area (Å²) < 4.78 is 5.69. The minimum Gasteiger partial charge on any atom is -0.484 e. The highest BCUT2D eigenvalue weighted by Crippen LogP contribution is 2.31. The van der Waals surface area contributed by atoms with Crippen LogP contribution >= 0.6 is 0 Å². The predicted molar refractivity (Wildman–Crippen MR) is 119 cm³/mol. The molecule has 6 nitrogen and oxygen atoms in total. The summed E-state index contributed by atoms with van der Waals surface area (Å²) in [5.41, 5.74) is 1.62. The van der Waals surface area contributed by atoms with Crippen LogP contribution in [0.4, 0.5) is 0 Å². The summed E-state index contributed by atoms with van der Waals surface area (Å²) in [6.07, 6.45) is 2.82. The number of aromatic amines is 1. The maximum atomic E-state index is 13.1. The number of amides is 2. The fourth-order valence-corrected chi connectivity index (χ4v) is 5.00. The third-order valence-corrected chi connectivity index (χ3v) is 6.54. The van der Waals surface area contributed by atoms with Crippen LogP contribution in [0.1, 0.15) is 29.8 Å². The molecule has 2 aromatic carbocycles. The number of hydrogen-bond acceptors (Lipinski definition) is 3. The van der Waals surface area contributed by atoms with Crippen molar-refractivity contribution in [2.75, 3.05) is 26.2 Å². The molecular weight excluding hydrogens is 390 g/mol. The normalized spacial score (nSPS) is 21.0. The Labute approximate surface area is 181 Å². The number of para-hydroxylation sites is 2. The molecule has 6 heteroatoms. The molecule has 2 fully saturated rings. The number of H-pyrrole nitrogens is 1. The number of nitrogens with zero attached hydrogens (tertiary/aromatic N) is 2. The first-order chi connectivity index (χ1) is 15.2. The molecule has 2 aliphatic rings. The van der Waals surface area contributed by atoms with Crippen LogP contribution in [0, 0.1) is 5.92 Å². The van der Waals surface area contributed by atoms with E-state index in [0.29, 0.717) is 30.5 Å². The van der Waals surface area contributed by atoms with Crippen molar-refractivity contribution in [1.82, 2.24) is 14.8 Å². The van der Waals surface area contributed by atoms with E-state index in [2.05, 4.69) is 4.98 Å². The maximum absolute atomic E-state index is 13.1. The lowest BCUT2D eigenvalue weighted by atomic mass is 9.83. The molecule has 0 aliphatic carbocycles. The number of ether oxygens (including phenoxy) is 1. The Bertz CT molecular complexity index is 1040. The number of fused-ring (bicyclic) bond motifs is 2. The zero-order valence-electron chi connectivity index (χ0n) is 17.5. The van der Waals surface area contributed by atoms with Gasteiger partial charge in [0.15, 0.2) is 6.61 Å².